The molecule has 0 aliphatic rings. The Morgan fingerprint density at radius 2 is 2.03 bits per heavy atom. The van der Waals surface area contributed by atoms with Gasteiger partial charge in [0.05, 0.1) is 22.6 Å². The van der Waals surface area contributed by atoms with E-state index in [-0.39, 0.29) is 30.2 Å². The molecule has 0 bridgehead atoms. The van der Waals surface area contributed by atoms with Crippen molar-refractivity contribution in [3.63, 3.8) is 0 Å². The van der Waals surface area contributed by atoms with Crippen LogP contribution in [0.5, 0.6) is 0 Å². The Morgan fingerprint density at radius 1 is 1.13 bits per heavy atom. The van der Waals surface area contributed by atoms with Crippen LogP contribution >= 0.6 is 11.3 Å². The third-order valence-corrected chi connectivity index (χ3v) is 6.48. The van der Waals surface area contributed by atoms with E-state index in [1.807, 2.05) is 17.5 Å². The van der Waals surface area contributed by atoms with E-state index in [9.17, 15) is 13.2 Å². The number of hydrogen-bond acceptors (Lipinski definition) is 8. The highest BCUT2D eigenvalue weighted by Gasteiger charge is 2.16. The molecule has 4 rings (SSSR count). The van der Waals surface area contributed by atoms with Crippen molar-refractivity contribution in [3.8, 4) is 10.7 Å². The fraction of sp³-hybridized carbons (Fsp3) is 0.150. The van der Waals surface area contributed by atoms with Crippen molar-refractivity contribution in [1.82, 2.24) is 14.9 Å². The summed E-state index contributed by atoms with van der Waals surface area (Å²) in [5.41, 5.74) is 0.371. The molecule has 0 radical (unpaired) electrons. The highest BCUT2D eigenvalue weighted by atomic mass is 32.2. The Kier molecular flexibility index (Phi) is 6.26. The molecule has 2 N–H and O–H groups in total. The molecule has 0 atom stereocenters. The summed E-state index contributed by atoms with van der Waals surface area (Å²) in [6.07, 6.45) is 1.85. The molecule has 0 spiro atoms. The molecule has 11 heteroatoms. The Bertz CT molecular complexity index is 1250. The molecule has 4 aromatic rings. The lowest BCUT2D eigenvalue weighted by Gasteiger charge is -2.08. The fourth-order valence-electron chi connectivity index (χ4n) is 2.71. The maximum Gasteiger partial charge on any atom is 0.241 e. The van der Waals surface area contributed by atoms with Crippen molar-refractivity contribution in [3.05, 3.63) is 71.8 Å². The average Bonchev–Trinajstić information content (AvgIpc) is 3.53. The number of benzene rings is 1. The third kappa shape index (κ3) is 5.45. The van der Waals surface area contributed by atoms with E-state index in [2.05, 4.69) is 20.2 Å². The van der Waals surface area contributed by atoms with Gasteiger partial charge in [-0.2, -0.15) is 4.98 Å². The van der Waals surface area contributed by atoms with Gasteiger partial charge in [0.15, 0.2) is 0 Å². The van der Waals surface area contributed by atoms with Gasteiger partial charge in [0.25, 0.3) is 0 Å². The number of nitrogens with zero attached hydrogens (tertiary/aromatic N) is 2. The van der Waals surface area contributed by atoms with Gasteiger partial charge in [0.2, 0.25) is 27.6 Å². The van der Waals surface area contributed by atoms with Gasteiger partial charge in [-0.3, -0.25) is 4.79 Å². The molecular weight excluding hydrogens is 440 g/mol. The lowest BCUT2D eigenvalue weighted by atomic mass is 10.2. The lowest BCUT2D eigenvalue weighted by molar-refractivity contribution is -0.116. The number of aryl methyl sites for hydroxylation is 1. The van der Waals surface area contributed by atoms with E-state index >= 15 is 0 Å². The van der Waals surface area contributed by atoms with Crippen molar-refractivity contribution in [1.29, 1.82) is 0 Å². The summed E-state index contributed by atoms with van der Waals surface area (Å²) >= 11 is 1.50. The van der Waals surface area contributed by atoms with E-state index in [1.165, 1.54) is 29.7 Å². The van der Waals surface area contributed by atoms with Crippen LogP contribution in [0.1, 0.15) is 18.1 Å². The van der Waals surface area contributed by atoms with Gasteiger partial charge < -0.3 is 14.3 Å². The van der Waals surface area contributed by atoms with E-state index in [1.54, 1.807) is 24.3 Å². The second-order valence-electron chi connectivity index (χ2n) is 6.47. The Labute approximate surface area is 182 Å². The number of furan rings is 1. The minimum atomic E-state index is -3.76. The second-order valence-corrected chi connectivity index (χ2v) is 9.18. The molecule has 0 unspecified atom stereocenters. The van der Waals surface area contributed by atoms with Gasteiger partial charge in [-0.15, -0.1) is 11.3 Å². The molecule has 0 saturated carbocycles. The molecule has 0 fully saturated rings. The predicted octanol–water partition coefficient (Wildman–Crippen LogP) is 3.44. The first-order valence-corrected chi connectivity index (χ1v) is 11.6. The minimum absolute atomic E-state index is 0.0313. The van der Waals surface area contributed by atoms with Crippen molar-refractivity contribution in [2.75, 3.05) is 5.32 Å². The summed E-state index contributed by atoms with van der Waals surface area (Å²) in [5.74, 6) is 1.05. The van der Waals surface area contributed by atoms with Crippen LogP contribution in [0.4, 0.5) is 5.69 Å². The Balaban J connectivity index is 1.33. The maximum absolute atomic E-state index is 12.5. The molecule has 1 aromatic carbocycles. The summed E-state index contributed by atoms with van der Waals surface area (Å²) in [7, 11) is -3.76. The first-order chi connectivity index (χ1) is 15.0. The van der Waals surface area contributed by atoms with Gasteiger partial charge in [0.1, 0.15) is 5.76 Å². The van der Waals surface area contributed by atoms with Crippen molar-refractivity contribution in [2.24, 2.45) is 0 Å². The van der Waals surface area contributed by atoms with Crippen LogP contribution in [0.25, 0.3) is 10.7 Å². The normalized spacial score (nSPS) is 11.5. The Hall–Kier alpha value is -3.28. The number of nitrogens with one attached hydrogen (secondary N) is 2. The highest BCUT2D eigenvalue weighted by Crippen LogP contribution is 2.22. The third-order valence-electron chi connectivity index (χ3n) is 4.22. The van der Waals surface area contributed by atoms with Gasteiger partial charge in [0, 0.05) is 18.5 Å². The molecule has 160 valence electrons. The van der Waals surface area contributed by atoms with Crippen molar-refractivity contribution < 1.29 is 22.2 Å². The first kappa shape index (κ1) is 21.0. The molecule has 31 heavy (non-hydrogen) atoms. The van der Waals surface area contributed by atoms with Gasteiger partial charge >= 0.3 is 0 Å². The predicted molar refractivity (Wildman–Crippen MR) is 114 cm³/mol. The molecule has 1 amide bonds. The van der Waals surface area contributed by atoms with E-state index < -0.39 is 10.0 Å². The van der Waals surface area contributed by atoms with Crippen molar-refractivity contribution >= 4 is 33.0 Å². The minimum Gasteiger partial charge on any atom is -0.468 e. The largest absolute Gasteiger partial charge is 0.468 e. The zero-order chi connectivity index (χ0) is 21.7. The van der Waals surface area contributed by atoms with Crippen LogP contribution in [0.3, 0.4) is 0 Å². The van der Waals surface area contributed by atoms with Gasteiger partial charge in [-0.1, -0.05) is 17.3 Å². The SMILES string of the molecule is O=C(CCc1nc(-c2cccs2)no1)Nc1cccc(S(=O)(=O)NCc2ccco2)c1. The maximum atomic E-state index is 12.5. The van der Waals surface area contributed by atoms with Crippen LogP contribution in [-0.4, -0.2) is 24.5 Å². The fourth-order valence-corrected chi connectivity index (χ4v) is 4.40. The number of carbonyl (C=O) groups is 1. The molecule has 3 heterocycles. The number of rotatable bonds is 9. The quantitative estimate of drug-likeness (QED) is 0.393. The van der Waals surface area contributed by atoms with Crippen LogP contribution in [-0.2, 0) is 27.8 Å². The first-order valence-electron chi connectivity index (χ1n) is 9.28. The molecule has 3 aromatic heterocycles. The van der Waals surface area contributed by atoms with Crippen LogP contribution in [0, 0.1) is 0 Å². The number of aromatic nitrogens is 2. The molecule has 0 saturated heterocycles. The van der Waals surface area contributed by atoms with Crippen LogP contribution < -0.4 is 10.0 Å². The lowest BCUT2D eigenvalue weighted by Crippen LogP contribution is -2.23. The summed E-state index contributed by atoms with van der Waals surface area (Å²) in [6, 6.07) is 13.1. The summed E-state index contributed by atoms with van der Waals surface area (Å²) in [4.78, 5) is 17.5. The number of sulfonamides is 1. The van der Waals surface area contributed by atoms with Crippen molar-refractivity contribution in [2.45, 2.75) is 24.3 Å². The second kappa shape index (κ2) is 9.25. The number of carbonyl (C=O) groups excluding carboxylic acids is 1. The molecule has 9 nitrogen and oxygen atoms in total. The smallest absolute Gasteiger partial charge is 0.241 e. The molecule has 0 aliphatic heterocycles. The van der Waals surface area contributed by atoms with Gasteiger partial charge in [-0.25, -0.2) is 13.1 Å². The van der Waals surface area contributed by atoms with E-state index in [0.717, 1.165) is 4.88 Å². The number of thiophene rings is 1. The van der Waals surface area contributed by atoms with Gasteiger partial charge in [-0.05, 0) is 41.8 Å². The van der Waals surface area contributed by atoms with E-state index in [4.69, 9.17) is 8.94 Å². The highest BCUT2D eigenvalue weighted by molar-refractivity contribution is 7.89. The molecule has 0 aliphatic carbocycles. The summed E-state index contributed by atoms with van der Waals surface area (Å²) < 4.78 is 37.7. The summed E-state index contributed by atoms with van der Waals surface area (Å²) in [5, 5.41) is 8.51. The molecular formula is C20H18N4O5S2. The zero-order valence-electron chi connectivity index (χ0n) is 16.1. The standard InChI is InChI=1S/C20H18N4O5S2/c25-18(8-9-19-23-20(24-29-19)17-7-3-11-30-17)22-14-4-1-6-16(12-14)31(26,27)21-13-15-5-2-10-28-15/h1-7,10-12,21H,8-9,13H2,(H,22,25). The Morgan fingerprint density at radius 3 is 2.81 bits per heavy atom. The number of hydrogen-bond donors (Lipinski definition) is 2. The number of amides is 1. The zero-order valence-corrected chi connectivity index (χ0v) is 17.8. The van der Waals surface area contributed by atoms with Crippen LogP contribution in [0.2, 0.25) is 0 Å². The monoisotopic (exact) mass is 458 g/mol. The van der Waals surface area contributed by atoms with E-state index in [0.29, 0.717) is 23.2 Å². The summed E-state index contributed by atoms with van der Waals surface area (Å²) in [6.45, 7) is 0.0313. The van der Waals surface area contributed by atoms with Crippen LogP contribution in [0.15, 0.2) is 74.0 Å². The number of anilines is 1. The average molecular weight is 459 g/mol. The topological polar surface area (TPSA) is 127 Å².